The number of aryl methyl sites for hydroxylation is 1. The molecule has 0 saturated heterocycles. The highest BCUT2D eigenvalue weighted by Gasteiger charge is 2.14. The summed E-state index contributed by atoms with van der Waals surface area (Å²) in [5.74, 6) is -0.210. The molecule has 7 nitrogen and oxygen atoms in total. The van der Waals surface area contributed by atoms with Crippen molar-refractivity contribution in [2.24, 2.45) is 0 Å². The number of nitrogens with one attached hydrogen (secondary N) is 1. The molecule has 0 spiro atoms. The van der Waals surface area contributed by atoms with Crippen molar-refractivity contribution in [1.82, 2.24) is 20.2 Å². The number of carbonyl (C=O) groups is 2. The van der Waals surface area contributed by atoms with Crippen LogP contribution in [0.1, 0.15) is 22.8 Å². The first-order chi connectivity index (χ1) is 12.6. The lowest BCUT2D eigenvalue weighted by Crippen LogP contribution is -2.16. The number of ketones is 1. The fourth-order valence-electron chi connectivity index (χ4n) is 2.44. The van der Waals surface area contributed by atoms with Crippen LogP contribution in [-0.2, 0) is 4.79 Å². The number of para-hydroxylation sites is 2. The molecule has 3 aromatic rings. The number of rotatable bonds is 6. The van der Waals surface area contributed by atoms with Gasteiger partial charge in [0, 0.05) is 5.56 Å². The van der Waals surface area contributed by atoms with E-state index in [1.807, 2.05) is 31.2 Å². The van der Waals surface area contributed by atoms with Crippen molar-refractivity contribution in [1.29, 1.82) is 0 Å². The van der Waals surface area contributed by atoms with Crippen molar-refractivity contribution in [3.05, 3.63) is 59.7 Å². The number of benzene rings is 2. The third-order valence-electron chi connectivity index (χ3n) is 3.70. The average Bonchev–Trinajstić information content (AvgIpc) is 3.09. The van der Waals surface area contributed by atoms with Gasteiger partial charge in [0.25, 0.3) is 0 Å². The Labute approximate surface area is 154 Å². The number of hydrogen-bond acceptors (Lipinski definition) is 6. The minimum atomic E-state index is -0.233. The molecular weight excluding hydrogens is 350 g/mol. The van der Waals surface area contributed by atoms with E-state index in [9.17, 15) is 9.59 Å². The average molecular weight is 367 g/mol. The first-order valence-electron chi connectivity index (χ1n) is 7.93. The largest absolute Gasteiger partial charge is 0.325 e. The van der Waals surface area contributed by atoms with Crippen LogP contribution in [0.25, 0.3) is 5.69 Å². The molecule has 0 fully saturated rings. The van der Waals surface area contributed by atoms with Gasteiger partial charge in [-0.3, -0.25) is 9.59 Å². The van der Waals surface area contributed by atoms with Gasteiger partial charge in [-0.2, -0.15) is 4.68 Å². The minimum Gasteiger partial charge on any atom is -0.325 e. The lowest BCUT2D eigenvalue weighted by molar-refractivity contribution is -0.113. The molecule has 3 rings (SSSR count). The van der Waals surface area contributed by atoms with E-state index in [1.165, 1.54) is 18.7 Å². The van der Waals surface area contributed by atoms with Gasteiger partial charge in [-0.05, 0) is 48.0 Å². The molecule has 1 N–H and O–H groups in total. The van der Waals surface area contributed by atoms with Crippen LogP contribution in [0.4, 0.5) is 5.69 Å². The molecule has 0 aliphatic heterocycles. The standard InChI is InChI=1S/C18H17N5O2S/c1-12-7-3-6-10-16(12)23-18(20-21-22-23)26-11-17(25)19-15-9-5-4-8-14(15)13(2)24/h3-10H,11H2,1-2H3,(H,19,25). The molecule has 1 aromatic heterocycles. The Morgan fingerprint density at radius 1 is 1.12 bits per heavy atom. The molecule has 2 aromatic carbocycles. The van der Waals surface area contributed by atoms with Crippen molar-refractivity contribution in [2.75, 3.05) is 11.1 Å². The van der Waals surface area contributed by atoms with Gasteiger partial charge in [0.15, 0.2) is 5.78 Å². The molecule has 0 saturated carbocycles. The normalized spacial score (nSPS) is 10.5. The van der Waals surface area contributed by atoms with E-state index in [2.05, 4.69) is 20.8 Å². The summed E-state index contributed by atoms with van der Waals surface area (Å²) in [6, 6.07) is 14.7. The first kappa shape index (κ1) is 17.8. The molecule has 26 heavy (non-hydrogen) atoms. The third kappa shape index (κ3) is 3.97. The Hall–Kier alpha value is -3.00. The molecule has 0 radical (unpaired) electrons. The highest BCUT2D eigenvalue weighted by Crippen LogP contribution is 2.21. The molecular formula is C18H17N5O2S. The topological polar surface area (TPSA) is 89.8 Å². The fraction of sp³-hybridized carbons (Fsp3) is 0.167. The number of carbonyl (C=O) groups excluding carboxylic acids is 2. The predicted molar refractivity (Wildman–Crippen MR) is 99.7 cm³/mol. The summed E-state index contributed by atoms with van der Waals surface area (Å²) in [5, 5.41) is 15.0. The van der Waals surface area contributed by atoms with Crippen LogP contribution in [0.5, 0.6) is 0 Å². The van der Waals surface area contributed by atoms with E-state index in [4.69, 9.17) is 0 Å². The molecule has 0 atom stereocenters. The zero-order valence-electron chi connectivity index (χ0n) is 14.3. The first-order valence-corrected chi connectivity index (χ1v) is 8.92. The van der Waals surface area contributed by atoms with Gasteiger partial charge >= 0.3 is 0 Å². The third-order valence-corrected chi connectivity index (χ3v) is 4.62. The Morgan fingerprint density at radius 3 is 2.62 bits per heavy atom. The lowest BCUT2D eigenvalue weighted by atomic mass is 10.1. The number of anilines is 1. The van der Waals surface area contributed by atoms with Crippen LogP contribution in [-0.4, -0.2) is 37.7 Å². The SMILES string of the molecule is CC(=O)c1ccccc1NC(=O)CSc1nnnn1-c1ccccc1C. The maximum absolute atomic E-state index is 12.3. The van der Waals surface area contributed by atoms with Crippen LogP contribution >= 0.6 is 11.8 Å². The monoisotopic (exact) mass is 367 g/mol. The van der Waals surface area contributed by atoms with Crippen molar-refractivity contribution in [2.45, 2.75) is 19.0 Å². The number of tetrazole rings is 1. The molecule has 0 aliphatic carbocycles. The molecule has 1 heterocycles. The number of Topliss-reactive ketones (excluding diaryl/α,β-unsaturated/α-hetero) is 1. The van der Waals surface area contributed by atoms with Gasteiger partial charge in [0.05, 0.1) is 17.1 Å². The number of amides is 1. The summed E-state index contributed by atoms with van der Waals surface area (Å²) in [5.41, 5.74) is 2.88. The van der Waals surface area contributed by atoms with E-state index in [1.54, 1.807) is 28.9 Å². The zero-order chi connectivity index (χ0) is 18.5. The molecule has 0 aliphatic rings. The van der Waals surface area contributed by atoms with Crippen LogP contribution < -0.4 is 5.32 Å². The number of thioether (sulfide) groups is 1. The quantitative estimate of drug-likeness (QED) is 0.532. The lowest BCUT2D eigenvalue weighted by Gasteiger charge is -2.09. The second kappa shape index (κ2) is 7.92. The summed E-state index contributed by atoms with van der Waals surface area (Å²) in [4.78, 5) is 23.9. The van der Waals surface area contributed by atoms with Gasteiger partial charge in [-0.1, -0.05) is 42.1 Å². The highest BCUT2D eigenvalue weighted by atomic mass is 32.2. The van der Waals surface area contributed by atoms with Crippen molar-refractivity contribution >= 4 is 29.1 Å². The van der Waals surface area contributed by atoms with E-state index in [-0.39, 0.29) is 17.4 Å². The van der Waals surface area contributed by atoms with Gasteiger partial charge in [-0.15, -0.1) is 5.10 Å². The summed E-state index contributed by atoms with van der Waals surface area (Å²) in [6.45, 7) is 3.44. The van der Waals surface area contributed by atoms with Gasteiger partial charge in [-0.25, -0.2) is 0 Å². The minimum absolute atomic E-state index is 0.1000. The van der Waals surface area contributed by atoms with Crippen molar-refractivity contribution in [3.8, 4) is 5.69 Å². The van der Waals surface area contributed by atoms with Crippen LogP contribution in [0.15, 0.2) is 53.7 Å². The molecule has 1 amide bonds. The maximum Gasteiger partial charge on any atom is 0.234 e. The maximum atomic E-state index is 12.3. The molecule has 8 heteroatoms. The smallest absolute Gasteiger partial charge is 0.234 e. The van der Waals surface area contributed by atoms with Crippen LogP contribution in [0, 0.1) is 6.92 Å². The highest BCUT2D eigenvalue weighted by molar-refractivity contribution is 7.99. The van der Waals surface area contributed by atoms with E-state index >= 15 is 0 Å². The summed E-state index contributed by atoms with van der Waals surface area (Å²) < 4.78 is 1.61. The Kier molecular flexibility index (Phi) is 5.43. The Balaban J connectivity index is 1.69. The number of hydrogen-bond donors (Lipinski definition) is 1. The summed E-state index contributed by atoms with van der Waals surface area (Å²) >= 11 is 1.23. The second-order valence-electron chi connectivity index (χ2n) is 5.60. The van der Waals surface area contributed by atoms with Crippen LogP contribution in [0.3, 0.4) is 0 Å². The Morgan fingerprint density at radius 2 is 1.85 bits per heavy atom. The van der Waals surface area contributed by atoms with Crippen molar-refractivity contribution in [3.63, 3.8) is 0 Å². The number of aromatic nitrogens is 4. The van der Waals surface area contributed by atoms with Gasteiger partial charge in [0.1, 0.15) is 0 Å². The van der Waals surface area contributed by atoms with Crippen LogP contribution in [0.2, 0.25) is 0 Å². The zero-order valence-corrected chi connectivity index (χ0v) is 15.2. The molecule has 132 valence electrons. The van der Waals surface area contributed by atoms with E-state index in [0.717, 1.165) is 11.3 Å². The fourth-order valence-corrected chi connectivity index (χ4v) is 3.12. The molecule has 0 bridgehead atoms. The van der Waals surface area contributed by atoms with E-state index in [0.29, 0.717) is 16.4 Å². The number of nitrogens with zero attached hydrogens (tertiary/aromatic N) is 4. The second-order valence-corrected chi connectivity index (χ2v) is 6.54. The predicted octanol–water partition coefficient (Wildman–Crippen LogP) is 2.90. The van der Waals surface area contributed by atoms with E-state index < -0.39 is 0 Å². The Bertz CT molecular complexity index is 954. The van der Waals surface area contributed by atoms with Crippen molar-refractivity contribution < 1.29 is 9.59 Å². The van der Waals surface area contributed by atoms with Gasteiger partial charge < -0.3 is 5.32 Å². The molecule has 0 unspecified atom stereocenters. The summed E-state index contributed by atoms with van der Waals surface area (Å²) in [7, 11) is 0. The van der Waals surface area contributed by atoms with Gasteiger partial charge in [0.2, 0.25) is 11.1 Å². The summed E-state index contributed by atoms with van der Waals surface area (Å²) in [6.07, 6.45) is 0.